The van der Waals surface area contributed by atoms with Crippen LogP contribution in [-0.2, 0) is 4.79 Å². The Morgan fingerprint density at radius 2 is 2.05 bits per heavy atom. The SMILES string of the molecule is Cc1nc2ccccn2c1C(=O)NC(C)(C)C(=O)O. The Morgan fingerprint density at radius 3 is 2.68 bits per heavy atom. The number of carboxylic acids is 1. The number of carboxylic acid groups (broad SMARTS) is 1. The van der Waals surface area contributed by atoms with Gasteiger partial charge in [0.15, 0.2) is 0 Å². The first-order valence-corrected chi connectivity index (χ1v) is 5.82. The smallest absolute Gasteiger partial charge is 0.328 e. The van der Waals surface area contributed by atoms with Crippen molar-refractivity contribution in [1.82, 2.24) is 14.7 Å². The zero-order valence-electron chi connectivity index (χ0n) is 11.0. The lowest BCUT2D eigenvalue weighted by molar-refractivity contribution is -0.143. The molecule has 2 aromatic heterocycles. The zero-order chi connectivity index (χ0) is 14.2. The number of pyridine rings is 1. The molecule has 0 unspecified atom stereocenters. The molecule has 6 heteroatoms. The number of carbonyl (C=O) groups is 2. The Kier molecular flexibility index (Phi) is 3.01. The van der Waals surface area contributed by atoms with E-state index >= 15 is 0 Å². The van der Waals surface area contributed by atoms with Gasteiger partial charge in [-0.2, -0.15) is 0 Å². The zero-order valence-corrected chi connectivity index (χ0v) is 11.0. The molecule has 2 heterocycles. The van der Waals surface area contributed by atoms with E-state index in [9.17, 15) is 9.59 Å². The minimum Gasteiger partial charge on any atom is -0.480 e. The average molecular weight is 261 g/mol. The van der Waals surface area contributed by atoms with Gasteiger partial charge in [-0.05, 0) is 32.9 Å². The van der Waals surface area contributed by atoms with Crippen LogP contribution in [0.5, 0.6) is 0 Å². The molecule has 0 radical (unpaired) electrons. The molecule has 2 aromatic rings. The molecule has 0 fully saturated rings. The van der Waals surface area contributed by atoms with Crippen molar-refractivity contribution in [2.45, 2.75) is 26.3 Å². The predicted octanol–water partition coefficient (Wildman–Crippen LogP) is 1.24. The first-order chi connectivity index (χ1) is 8.83. The van der Waals surface area contributed by atoms with Gasteiger partial charge >= 0.3 is 5.97 Å². The van der Waals surface area contributed by atoms with Crippen molar-refractivity contribution in [3.05, 3.63) is 35.8 Å². The molecule has 100 valence electrons. The fourth-order valence-corrected chi connectivity index (χ4v) is 1.78. The number of imidazole rings is 1. The number of aryl methyl sites for hydroxylation is 1. The van der Waals surface area contributed by atoms with Gasteiger partial charge in [0, 0.05) is 6.20 Å². The molecule has 0 aliphatic heterocycles. The molecule has 0 saturated heterocycles. The van der Waals surface area contributed by atoms with E-state index in [1.807, 2.05) is 6.07 Å². The van der Waals surface area contributed by atoms with Crippen LogP contribution in [0.1, 0.15) is 30.0 Å². The number of aliphatic carboxylic acids is 1. The van der Waals surface area contributed by atoms with Crippen LogP contribution in [0.3, 0.4) is 0 Å². The first kappa shape index (κ1) is 13.1. The number of fused-ring (bicyclic) bond motifs is 1. The highest BCUT2D eigenvalue weighted by Gasteiger charge is 2.31. The lowest BCUT2D eigenvalue weighted by Gasteiger charge is -2.20. The Bertz CT molecular complexity index is 658. The molecule has 2 rings (SSSR count). The van der Waals surface area contributed by atoms with E-state index in [4.69, 9.17) is 5.11 Å². The molecule has 0 aliphatic rings. The summed E-state index contributed by atoms with van der Waals surface area (Å²) in [4.78, 5) is 27.5. The molecule has 0 saturated carbocycles. The monoisotopic (exact) mass is 261 g/mol. The summed E-state index contributed by atoms with van der Waals surface area (Å²) in [5, 5.41) is 11.5. The second-order valence-corrected chi connectivity index (χ2v) is 4.86. The van der Waals surface area contributed by atoms with Gasteiger partial charge in [0.2, 0.25) is 0 Å². The fourth-order valence-electron chi connectivity index (χ4n) is 1.78. The van der Waals surface area contributed by atoms with Crippen LogP contribution in [0, 0.1) is 6.92 Å². The lowest BCUT2D eigenvalue weighted by Crippen LogP contribution is -2.50. The third-order valence-electron chi connectivity index (χ3n) is 2.88. The number of amides is 1. The molecular formula is C13H15N3O3. The van der Waals surface area contributed by atoms with Crippen LogP contribution in [0.25, 0.3) is 5.65 Å². The third kappa shape index (κ3) is 2.29. The largest absolute Gasteiger partial charge is 0.480 e. The number of nitrogens with one attached hydrogen (secondary N) is 1. The molecule has 0 atom stereocenters. The normalized spacial score (nSPS) is 11.5. The average Bonchev–Trinajstić information content (AvgIpc) is 2.63. The summed E-state index contributed by atoms with van der Waals surface area (Å²) in [7, 11) is 0. The van der Waals surface area contributed by atoms with Crippen LogP contribution < -0.4 is 5.32 Å². The minimum atomic E-state index is -1.33. The first-order valence-electron chi connectivity index (χ1n) is 5.82. The van der Waals surface area contributed by atoms with Crippen molar-refractivity contribution in [1.29, 1.82) is 0 Å². The number of hydrogen-bond donors (Lipinski definition) is 2. The van der Waals surface area contributed by atoms with Gasteiger partial charge in [0.05, 0.1) is 5.69 Å². The highest BCUT2D eigenvalue weighted by Crippen LogP contribution is 2.13. The van der Waals surface area contributed by atoms with Crippen molar-refractivity contribution in [3.8, 4) is 0 Å². The molecule has 2 N–H and O–H groups in total. The maximum absolute atomic E-state index is 12.2. The summed E-state index contributed by atoms with van der Waals surface area (Å²) in [5.41, 5.74) is 0.232. The summed E-state index contributed by atoms with van der Waals surface area (Å²) in [6.45, 7) is 4.59. The molecule has 0 bridgehead atoms. The molecule has 1 amide bonds. The molecule has 0 aliphatic carbocycles. The molecule has 0 spiro atoms. The highest BCUT2D eigenvalue weighted by atomic mass is 16.4. The van der Waals surface area contributed by atoms with Crippen LogP contribution in [0.4, 0.5) is 0 Å². The van der Waals surface area contributed by atoms with E-state index < -0.39 is 17.4 Å². The summed E-state index contributed by atoms with van der Waals surface area (Å²) < 4.78 is 1.64. The van der Waals surface area contributed by atoms with E-state index in [1.54, 1.807) is 29.7 Å². The fraction of sp³-hybridized carbons (Fsp3) is 0.308. The molecule has 6 nitrogen and oxygen atoms in total. The number of carbonyl (C=O) groups excluding carboxylic acids is 1. The van der Waals surface area contributed by atoms with E-state index in [2.05, 4.69) is 10.3 Å². The van der Waals surface area contributed by atoms with Gasteiger partial charge < -0.3 is 10.4 Å². The topological polar surface area (TPSA) is 83.7 Å². The van der Waals surface area contributed by atoms with E-state index in [-0.39, 0.29) is 0 Å². The summed E-state index contributed by atoms with van der Waals surface area (Å²) in [6, 6.07) is 5.39. The third-order valence-corrected chi connectivity index (χ3v) is 2.88. The minimum absolute atomic E-state index is 0.352. The van der Waals surface area contributed by atoms with Crippen LogP contribution >= 0.6 is 0 Å². The van der Waals surface area contributed by atoms with E-state index in [0.29, 0.717) is 17.0 Å². The Hall–Kier alpha value is -2.37. The van der Waals surface area contributed by atoms with Crippen molar-refractivity contribution in [2.24, 2.45) is 0 Å². The standard InChI is InChI=1S/C13H15N3O3/c1-8-10(11(17)15-13(2,3)12(18)19)16-7-5-4-6-9(16)14-8/h4-7H,1-3H3,(H,15,17)(H,18,19). The Labute approximate surface area is 110 Å². The number of hydrogen-bond acceptors (Lipinski definition) is 3. The molecular weight excluding hydrogens is 246 g/mol. The van der Waals surface area contributed by atoms with E-state index in [0.717, 1.165) is 0 Å². The van der Waals surface area contributed by atoms with Crippen molar-refractivity contribution in [3.63, 3.8) is 0 Å². The predicted molar refractivity (Wildman–Crippen MR) is 69.1 cm³/mol. The second-order valence-electron chi connectivity index (χ2n) is 4.86. The Balaban J connectivity index is 2.42. The summed E-state index contributed by atoms with van der Waals surface area (Å²) in [6.07, 6.45) is 1.72. The quantitative estimate of drug-likeness (QED) is 0.870. The molecule has 0 aromatic carbocycles. The van der Waals surface area contributed by atoms with E-state index in [1.165, 1.54) is 13.8 Å². The summed E-state index contributed by atoms with van der Waals surface area (Å²) >= 11 is 0. The maximum Gasteiger partial charge on any atom is 0.328 e. The van der Waals surface area contributed by atoms with Crippen molar-refractivity contribution < 1.29 is 14.7 Å². The summed E-state index contributed by atoms with van der Waals surface area (Å²) in [5.74, 6) is -1.55. The number of aromatic nitrogens is 2. The van der Waals surface area contributed by atoms with Gasteiger partial charge in [0.25, 0.3) is 5.91 Å². The van der Waals surface area contributed by atoms with Crippen molar-refractivity contribution >= 4 is 17.5 Å². The van der Waals surface area contributed by atoms with Gasteiger partial charge in [0.1, 0.15) is 16.9 Å². The van der Waals surface area contributed by atoms with Crippen molar-refractivity contribution in [2.75, 3.05) is 0 Å². The van der Waals surface area contributed by atoms with Gasteiger partial charge in [-0.15, -0.1) is 0 Å². The number of nitrogens with zero attached hydrogens (tertiary/aromatic N) is 2. The van der Waals surface area contributed by atoms with Gasteiger partial charge in [-0.3, -0.25) is 9.20 Å². The van der Waals surface area contributed by atoms with Crippen LogP contribution in [0.2, 0.25) is 0 Å². The van der Waals surface area contributed by atoms with Crippen LogP contribution in [0.15, 0.2) is 24.4 Å². The second kappa shape index (κ2) is 4.38. The van der Waals surface area contributed by atoms with Gasteiger partial charge in [-0.25, -0.2) is 9.78 Å². The number of rotatable bonds is 3. The van der Waals surface area contributed by atoms with Crippen LogP contribution in [-0.4, -0.2) is 31.9 Å². The maximum atomic E-state index is 12.2. The highest BCUT2D eigenvalue weighted by molar-refractivity contribution is 5.97. The Morgan fingerprint density at radius 1 is 1.37 bits per heavy atom. The lowest BCUT2D eigenvalue weighted by atomic mass is 10.1. The van der Waals surface area contributed by atoms with Gasteiger partial charge in [-0.1, -0.05) is 6.07 Å². The molecule has 19 heavy (non-hydrogen) atoms.